The van der Waals surface area contributed by atoms with Gasteiger partial charge in [-0.05, 0) is 76.3 Å². The fourth-order valence-corrected chi connectivity index (χ4v) is 5.54. The highest BCUT2D eigenvalue weighted by atomic mass is 32.2. The minimum absolute atomic E-state index is 0.00626. The first kappa shape index (κ1) is 23.4. The van der Waals surface area contributed by atoms with Gasteiger partial charge in [-0.2, -0.15) is 0 Å². The first-order valence-corrected chi connectivity index (χ1v) is 12.8. The number of nitrogens with zero attached hydrogens (tertiary/aromatic N) is 3. The predicted molar refractivity (Wildman–Crippen MR) is 128 cm³/mol. The van der Waals surface area contributed by atoms with Gasteiger partial charge in [0.05, 0.1) is 20.9 Å². The van der Waals surface area contributed by atoms with Gasteiger partial charge in [0.15, 0.2) is 15.0 Å². The van der Waals surface area contributed by atoms with E-state index in [1.54, 1.807) is 24.0 Å². The van der Waals surface area contributed by atoms with Crippen LogP contribution in [0.1, 0.15) is 34.8 Å². The highest BCUT2D eigenvalue weighted by molar-refractivity contribution is 7.91. The van der Waals surface area contributed by atoms with Crippen molar-refractivity contribution < 1.29 is 13.2 Å². The molecule has 1 heterocycles. The van der Waals surface area contributed by atoms with Crippen LogP contribution in [0.2, 0.25) is 0 Å². The number of fused-ring (bicyclic) bond motifs is 1. The Morgan fingerprint density at radius 1 is 1.10 bits per heavy atom. The highest BCUT2D eigenvalue weighted by Gasteiger charge is 2.23. The van der Waals surface area contributed by atoms with Crippen LogP contribution in [-0.2, 0) is 9.84 Å². The van der Waals surface area contributed by atoms with Crippen LogP contribution in [0.15, 0.2) is 41.3 Å². The molecular formula is C23H29N3O3S2. The van der Waals surface area contributed by atoms with Gasteiger partial charge in [0.1, 0.15) is 0 Å². The van der Waals surface area contributed by atoms with Crippen molar-refractivity contribution in [2.45, 2.75) is 32.1 Å². The largest absolute Gasteiger partial charge is 0.309 e. The summed E-state index contributed by atoms with van der Waals surface area (Å²) in [6.45, 7) is 7.00. The average molecular weight is 460 g/mol. The van der Waals surface area contributed by atoms with Gasteiger partial charge >= 0.3 is 0 Å². The maximum absolute atomic E-state index is 13.5. The molecule has 6 nitrogen and oxygen atoms in total. The van der Waals surface area contributed by atoms with Gasteiger partial charge in [0.25, 0.3) is 5.91 Å². The number of carbonyl (C=O) groups is 1. The van der Waals surface area contributed by atoms with E-state index in [2.05, 4.69) is 17.0 Å². The number of thiazole rings is 1. The van der Waals surface area contributed by atoms with Crippen molar-refractivity contribution in [2.75, 3.05) is 37.8 Å². The molecule has 0 unspecified atom stereocenters. The second-order valence-electron chi connectivity index (χ2n) is 7.97. The molecule has 0 fully saturated rings. The molecule has 0 saturated carbocycles. The molecular weight excluding hydrogens is 430 g/mol. The Balaban J connectivity index is 2.02. The summed E-state index contributed by atoms with van der Waals surface area (Å²) in [6, 6.07) is 10.5. The third kappa shape index (κ3) is 5.31. The van der Waals surface area contributed by atoms with Crippen molar-refractivity contribution >= 4 is 42.4 Å². The Bertz CT molecular complexity index is 1200. The van der Waals surface area contributed by atoms with E-state index in [1.165, 1.54) is 23.5 Å². The van der Waals surface area contributed by atoms with Crippen molar-refractivity contribution in [3.63, 3.8) is 0 Å². The lowest BCUT2D eigenvalue weighted by atomic mass is 10.1. The average Bonchev–Trinajstić information content (AvgIpc) is 3.14. The molecule has 0 radical (unpaired) electrons. The van der Waals surface area contributed by atoms with E-state index in [9.17, 15) is 13.2 Å². The van der Waals surface area contributed by atoms with Gasteiger partial charge in [-0.3, -0.25) is 9.69 Å². The molecule has 0 aliphatic rings. The van der Waals surface area contributed by atoms with Crippen molar-refractivity contribution in [3.8, 4) is 0 Å². The van der Waals surface area contributed by atoms with Crippen LogP contribution in [0, 0.1) is 13.8 Å². The highest BCUT2D eigenvalue weighted by Crippen LogP contribution is 2.32. The quantitative estimate of drug-likeness (QED) is 0.502. The van der Waals surface area contributed by atoms with Crippen molar-refractivity contribution in [1.82, 2.24) is 9.88 Å². The molecule has 166 valence electrons. The molecule has 0 aliphatic heterocycles. The number of hydrogen-bond acceptors (Lipinski definition) is 6. The normalized spacial score (nSPS) is 11.9. The van der Waals surface area contributed by atoms with Gasteiger partial charge < -0.3 is 4.90 Å². The number of amides is 1. The Labute approximate surface area is 188 Å². The summed E-state index contributed by atoms with van der Waals surface area (Å²) in [5, 5.41) is 0.635. The number of benzene rings is 2. The van der Waals surface area contributed by atoms with Crippen LogP contribution in [0.3, 0.4) is 0 Å². The molecule has 0 N–H and O–H groups in total. The molecule has 0 bridgehead atoms. The van der Waals surface area contributed by atoms with Gasteiger partial charge in [0, 0.05) is 12.1 Å². The number of aromatic nitrogens is 1. The Hall–Kier alpha value is -2.29. The SMILES string of the molecule is CCS(=O)(=O)c1cccc(C(=O)N(CCCN(C)C)c2nc3c(C)cc(C)cc3s2)c1. The van der Waals surface area contributed by atoms with Gasteiger partial charge in [0.2, 0.25) is 0 Å². The monoisotopic (exact) mass is 459 g/mol. The van der Waals surface area contributed by atoms with E-state index >= 15 is 0 Å². The fraction of sp³-hybridized carbons (Fsp3) is 0.391. The summed E-state index contributed by atoms with van der Waals surface area (Å²) in [5.74, 6) is -0.242. The Morgan fingerprint density at radius 3 is 2.52 bits per heavy atom. The van der Waals surface area contributed by atoms with Crippen molar-refractivity contribution in [2.24, 2.45) is 0 Å². The summed E-state index contributed by atoms with van der Waals surface area (Å²) in [7, 11) is 0.596. The van der Waals surface area contributed by atoms with Crippen LogP contribution in [0.25, 0.3) is 10.2 Å². The second kappa shape index (κ2) is 9.46. The van der Waals surface area contributed by atoms with Crippen LogP contribution in [0.4, 0.5) is 5.13 Å². The third-order valence-corrected chi connectivity index (χ3v) is 7.86. The van der Waals surface area contributed by atoms with Crippen LogP contribution < -0.4 is 4.90 Å². The molecule has 3 aromatic rings. The van der Waals surface area contributed by atoms with Crippen molar-refractivity contribution in [3.05, 3.63) is 53.1 Å². The van der Waals surface area contributed by atoms with E-state index in [0.717, 1.165) is 34.3 Å². The lowest BCUT2D eigenvalue weighted by molar-refractivity contribution is 0.0986. The Morgan fingerprint density at radius 2 is 1.84 bits per heavy atom. The third-order valence-electron chi connectivity index (χ3n) is 5.10. The van der Waals surface area contributed by atoms with E-state index in [4.69, 9.17) is 4.98 Å². The molecule has 3 rings (SSSR count). The number of carbonyl (C=O) groups excluding carboxylic acids is 1. The predicted octanol–water partition coefficient (Wildman–Crippen LogP) is 4.31. The molecule has 0 aliphatic carbocycles. The second-order valence-corrected chi connectivity index (χ2v) is 11.3. The topological polar surface area (TPSA) is 70.6 Å². The molecule has 0 atom stereocenters. The van der Waals surface area contributed by atoms with E-state index in [-0.39, 0.29) is 16.6 Å². The molecule has 0 spiro atoms. The molecule has 0 saturated heterocycles. The molecule has 2 aromatic carbocycles. The molecule has 8 heteroatoms. The maximum Gasteiger partial charge on any atom is 0.260 e. The fourth-order valence-electron chi connectivity index (χ4n) is 3.45. The van der Waals surface area contributed by atoms with Crippen LogP contribution >= 0.6 is 11.3 Å². The first-order chi connectivity index (χ1) is 14.6. The Kier molecular flexibility index (Phi) is 7.13. The summed E-state index contributed by atoms with van der Waals surface area (Å²) in [4.78, 5) is 22.2. The lowest BCUT2D eigenvalue weighted by Gasteiger charge is -2.21. The zero-order valence-corrected chi connectivity index (χ0v) is 20.3. The summed E-state index contributed by atoms with van der Waals surface area (Å²) in [6.07, 6.45) is 0.777. The molecule has 1 amide bonds. The summed E-state index contributed by atoms with van der Waals surface area (Å²) >= 11 is 1.49. The van der Waals surface area contributed by atoms with Crippen LogP contribution in [-0.4, -0.2) is 57.1 Å². The minimum Gasteiger partial charge on any atom is -0.309 e. The van der Waals surface area contributed by atoms with Crippen LogP contribution in [0.5, 0.6) is 0 Å². The van der Waals surface area contributed by atoms with Crippen molar-refractivity contribution in [1.29, 1.82) is 0 Å². The standard InChI is InChI=1S/C23H29N3O3S2/c1-6-31(28,29)19-10-7-9-18(15-19)22(27)26(12-8-11-25(4)5)23-24-21-17(3)13-16(2)14-20(21)30-23/h7,9-10,13-15H,6,8,11-12H2,1-5H3. The minimum atomic E-state index is -3.39. The zero-order chi connectivity index (χ0) is 22.8. The number of hydrogen-bond donors (Lipinski definition) is 0. The molecule has 31 heavy (non-hydrogen) atoms. The number of aryl methyl sites for hydroxylation is 2. The number of sulfone groups is 1. The smallest absolute Gasteiger partial charge is 0.260 e. The van der Waals surface area contributed by atoms with Gasteiger partial charge in [-0.25, -0.2) is 13.4 Å². The van der Waals surface area contributed by atoms with E-state index < -0.39 is 9.84 Å². The summed E-state index contributed by atoms with van der Waals surface area (Å²) < 4.78 is 25.7. The summed E-state index contributed by atoms with van der Waals surface area (Å²) in [5.41, 5.74) is 3.49. The zero-order valence-electron chi connectivity index (χ0n) is 18.7. The maximum atomic E-state index is 13.5. The number of anilines is 1. The van der Waals surface area contributed by atoms with Gasteiger partial charge in [-0.15, -0.1) is 0 Å². The van der Waals surface area contributed by atoms with E-state index in [1.807, 2.05) is 27.9 Å². The first-order valence-electron chi connectivity index (χ1n) is 10.3. The molecule has 1 aromatic heterocycles. The lowest BCUT2D eigenvalue weighted by Crippen LogP contribution is -2.33. The number of rotatable bonds is 8. The van der Waals surface area contributed by atoms with E-state index in [0.29, 0.717) is 17.2 Å². The van der Waals surface area contributed by atoms with Gasteiger partial charge in [-0.1, -0.05) is 30.4 Å².